The first-order valence-electron chi connectivity index (χ1n) is 5.60. The molecule has 0 aromatic heterocycles. The van der Waals surface area contributed by atoms with E-state index in [1.807, 2.05) is 6.92 Å². The topological polar surface area (TPSA) is 32.3 Å². The molecule has 0 bridgehead atoms. The van der Waals surface area contributed by atoms with Gasteiger partial charge in [-0.1, -0.05) is 19.8 Å². The predicted octanol–water partition coefficient (Wildman–Crippen LogP) is 1.93. The highest BCUT2D eigenvalue weighted by Crippen LogP contribution is 2.23. The maximum absolute atomic E-state index is 9.09. The van der Waals surface area contributed by atoms with Gasteiger partial charge in [0.1, 0.15) is 0 Å². The van der Waals surface area contributed by atoms with E-state index in [-0.39, 0.29) is 6.10 Å². The maximum atomic E-state index is 9.09. The molecule has 2 N–H and O–H groups in total. The van der Waals surface area contributed by atoms with Gasteiger partial charge in [-0.05, 0) is 38.6 Å². The van der Waals surface area contributed by atoms with Gasteiger partial charge in [0.25, 0.3) is 0 Å². The van der Waals surface area contributed by atoms with Gasteiger partial charge in [-0.3, -0.25) is 0 Å². The largest absolute Gasteiger partial charge is 0.393 e. The average molecular weight is 185 g/mol. The van der Waals surface area contributed by atoms with Crippen molar-refractivity contribution in [3.05, 3.63) is 0 Å². The van der Waals surface area contributed by atoms with E-state index in [9.17, 15) is 0 Å². The molecule has 0 aromatic rings. The van der Waals surface area contributed by atoms with Crippen LogP contribution in [0.15, 0.2) is 0 Å². The highest BCUT2D eigenvalue weighted by Gasteiger charge is 2.17. The molecule has 0 heterocycles. The number of aliphatic hydroxyl groups excluding tert-OH is 1. The van der Waals surface area contributed by atoms with Crippen molar-refractivity contribution in [1.82, 2.24) is 5.32 Å². The zero-order chi connectivity index (χ0) is 9.68. The SMILES string of the molecule is CC(O)CCNC1CCCC(C)C1. The summed E-state index contributed by atoms with van der Waals surface area (Å²) in [5.74, 6) is 0.887. The van der Waals surface area contributed by atoms with E-state index in [2.05, 4.69) is 12.2 Å². The van der Waals surface area contributed by atoms with Crippen molar-refractivity contribution in [1.29, 1.82) is 0 Å². The highest BCUT2D eigenvalue weighted by atomic mass is 16.3. The van der Waals surface area contributed by atoms with E-state index < -0.39 is 0 Å². The first kappa shape index (κ1) is 11.0. The lowest BCUT2D eigenvalue weighted by Crippen LogP contribution is -2.35. The van der Waals surface area contributed by atoms with E-state index in [4.69, 9.17) is 5.11 Å². The van der Waals surface area contributed by atoms with Crippen LogP contribution in [0.1, 0.15) is 46.0 Å². The van der Waals surface area contributed by atoms with Crippen molar-refractivity contribution >= 4 is 0 Å². The fourth-order valence-corrected chi connectivity index (χ4v) is 2.12. The van der Waals surface area contributed by atoms with Gasteiger partial charge in [0.2, 0.25) is 0 Å². The average Bonchev–Trinajstić information content (AvgIpc) is 2.03. The molecule has 0 aromatic carbocycles. The van der Waals surface area contributed by atoms with Gasteiger partial charge in [0.15, 0.2) is 0 Å². The summed E-state index contributed by atoms with van der Waals surface area (Å²) in [6, 6.07) is 0.711. The van der Waals surface area contributed by atoms with E-state index in [0.29, 0.717) is 6.04 Å². The zero-order valence-corrected chi connectivity index (χ0v) is 8.92. The Hall–Kier alpha value is -0.0800. The van der Waals surface area contributed by atoms with Crippen molar-refractivity contribution in [2.45, 2.75) is 58.1 Å². The number of hydrogen-bond acceptors (Lipinski definition) is 2. The molecule has 3 atom stereocenters. The molecule has 3 unspecified atom stereocenters. The quantitative estimate of drug-likeness (QED) is 0.701. The molecule has 13 heavy (non-hydrogen) atoms. The fourth-order valence-electron chi connectivity index (χ4n) is 2.12. The number of nitrogens with one attached hydrogen (secondary N) is 1. The summed E-state index contributed by atoms with van der Waals surface area (Å²) in [7, 11) is 0. The van der Waals surface area contributed by atoms with Crippen LogP contribution in [0.5, 0.6) is 0 Å². The molecule has 0 radical (unpaired) electrons. The Morgan fingerprint density at radius 3 is 2.85 bits per heavy atom. The van der Waals surface area contributed by atoms with Crippen molar-refractivity contribution in [3.8, 4) is 0 Å². The summed E-state index contributed by atoms with van der Waals surface area (Å²) in [6.45, 7) is 5.16. The molecule has 1 aliphatic carbocycles. The third-order valence-electron chi connectivity index (χ3n) is 2.93. The van der Waals surface area contributed by atoms with Gasteiger partial charge in [-0.15, -0.1) is 0 Å². The summed E-state index contributed by atoms with van der Waals surface area (Å²) >= 11 is 0. The number of hydrogen-bond donors (Lipinski definition) is 2. The van der Waals surface area contributed by atoms with E-state index >= 15 is 0 Å². The summed E-state index contributed by atoms with van der Waals surface area (Å²) in [6.07, 6.45) is 6.13. The van der Waals surface area contributed by atoms with Crippen LogP contribution >= 0.6 is 0 Å². The van der Waals surface area contributed by atoms with Crippen LogP contribution in [0.25, 0.3) is 0 Å². The Labute approximate surface area is 81.7 Å². The van der Waals surface area contributed by atoms with Gasteiger partial charge in [0.05, 0.1) is 6.10 Å². The minimum atomic E-state index is -0.159. The molecule has 1 aliphatic rings. The lowest BCUT2D eigenvalue weighted by atomic mass is 9.87. The van der Waals surface area contributed by atoms with Crippen LogP contribution in [0.4, 0.5) is 0 Å². The molecule has 1 saturated carbocycles. The maximum Gasteiger partial charge on any atom is 0.0524 e. The second-order valence-corrected chi connectivity index (χ2v) is 4.56. The van der Waals surface area contributed by atoms with E-state index in [1.165, 1.54) is 25.7 Å². The normalized spacial score (nSPS) is 31.6. The molecule has 0 aliphatic heterocycles. The smallest absolute Gasteiger partial charge is 0.0524 e. The summed E-state index contributed by atoms with van der Waals surface area (Å²) in [4.78, 5) is 0. The van der Waals surface area contributed by atoms with Crippen LogP contribution in [0.2, 0.25) is 0 Å². The second-order valence-electron chi connectivity index (χ2n) is 4.56. The van der Waals surface area contributed by atoms with Gasteiger partial charge in [-0.2, -0.15) is 0 Å². The van der Waals surface area contributed by atoms with Crippen LogP contribution in [0.3, 0.4) is 0 Å². The summed E-state index contributed by atoms with van der Waals surface area (Å²) < 4.78 is 0. The first-order valence-corrected chi connectivity index (χ1v) is 5.60. The minimum absolute atomic E-state index is 0.159. The number of rotatable bonds is 4. The zero-order valence-electron chi connectivity index (χ0n) is 8.92. The minimum Gasteiger partial charge on any atom is -0.393 e. The van der Waals surface area contributed by atoms with Gasteiger partial charge in [-0.25, -0.2) is 0 Å². The van der Waals surface area contributed by atoms with Crippen LogP contribution < -0.4 is 5.32 Å². The monoisotopic (exact) mass is 185 g/mol. The molecule has 1 rings (SSSR count). The molecule has 0 saturated heterocycles. The predicted molar refractivity (Wildman–Crippen MR) is 55.7 cm³/mol. The van der Waals surface area contributed by atoms with E-state index in [0.717, 1.165) is 18.9 Å². The summed E-state index contributed by atoms with van der Waals surface area (Å²) in [5, 5.41) is 12.6. The molecule has 0 amide bonds. The highest BCUT2D eigenvalue weighted by molar-refractivity contribution is 4.75. The van der Waals surface area contributed by atoms with Crippen LogP contribution in [0, 0.1) is 5.92 Å². The molecule has 0 spiro atoms. The van der Waals surface area contributed by atoms with Crippen molar-refractivity contribution in [3.63, 3.8) is 0 Å². The number of aliphatic hydroxyl groups is 1. The van der Waals surface area contributed by atoms with Crippen LogP contribution in [-0.4, -0.2) is 23.8 Å². The van der Waals surface area contributed by atoms with Crippen LogP contribution in [-0.2, 0) is 0 Å². The Kier molecular flexibility index (Phi) is 4.74. The summed E-state index contributed by atoms with van der Waals surface area (Å²) in [5.41, 5.74) is 0. The Balaban J connectivity index is 2.06. The Bertz CT molecular complexity index is 136. The third-order valence-corrected chi connectivity index (χ3v) is 2.93. The molecule has 2 nitrogen and oxygen atoms in total. The van der Waals surface area contributed by atoms with Crippen molar-refractivity contribution < 1.29 is 5.11 Å². The Morgan fingerprint density at radius 1 is 1.46 bits per heavy atom. The van der Waals surface area contributed by atoms with Gasteiger partial charge >= 0.3 is 0 Å². The lowest BCUT2D eigenvalue weighted by Gasteiger charge is -2.27. The second kappa shape index (κ2) is 5.61. The molecular formula is C11H23NO. The molecular weight excluding hydrogens is 162 g/mol. The lowest BCUT2D eigenvalue weighted by molar-refractivity contribution is 0.179. The third kappa shape index (κ3) is 4.63. The van der Waals surface area contributed by atoms with E-state index in [1.54, 1.807) is 0 Å². The fraction of sp³-hybridized carbons (Fsp3) is 1.00. The van der Waals surface area contributed by atoms with Gasteiger partial charge < -0.3 is 10.4 Å². The standard InChI is InChI=1S/C11H23NO/c1-9-4-3-5-11(8-9)12-7-6-10(2)13/h9-13H,3-8H2,1-2H3. The molecule has 1 fully saturated rings. The van der Waals surface area contributed by atoms with Crippen molar-refractivity contribution in [2.75, 3.05) is 6.54 Å². The molecule has 78 valence electrons. The van der Waals surface area contributed by atoms with Gasteiger partial charge in [0, 0.05) is 6.04 Å². The first-order chi connectivity index (χ1) is 6.18. The Morgan fingerprint density at radius 2 is 2.23 bits per heavy atom. The van der Waals surface area contributed by atoms with Crippen molar-refractivity contribution in [2.24, 2.45) is 5.92 Å². The molecule has 2 heteroatoms.